The van der Waals surface area contributed by atoms with E-state index in [9.17, 15) is 5.11 Å². The highest BCUT2D eigenvalue weighted by molar-refractivity contribution is 6.01. The molecule has 5 heteroatoms. The lowest BCUT2D eigenvalue weighted by Gasteiger charge is -2.23. The average Bonchev–Trinajstić information content (AvgIpc) is 3.30. The van der Waals surface area contributed by atoms with E-state index in [1.165, 1.54) is 11.4 Å². The van der Waals surface area contributed by atoms with E-state index in [4.69, 9.17) is 9.98 Å². The van der Waals surface area contributed by atoms with E-state index in [0.717, 1.165) is 67.8 Å². The molecule has 1 saturated heterocycles. The summed E-state index contributed by atoms with van der Waals surface area (Å²) in [7, 11) is 0. The molecule has 0 aliphatic carbocycles. The fourth-order valence-corrected chi connectivity index (χ4v) is 4.25. The highest BCUT2D eigenvalue weighted by atomic mass is 16.3. The largest absolute Gasteiger partial charge is 0.367 e. The molecule has 0 aromatic carbocycles. The maximum Gasteiger partial charge on any atom is 0.179 e. The molecule has 5 heterocycles. The first-order valence-electron chi connectivity index (χ1n) is 9.00. The molecular weight excluding hydrogens is 300 g/mol. The van der Waals surface area contributed by atoms with Crippen molar-refractivity contribution in [2.24, 2.45) is 15.0 Å². The van der Waals surface area contributed by atoms with Crippen molar-refractivity contribution in [1.82, 2.24) is 5.32 Å². The summed E-state index contributed by atoms with van der Waals surface area (Å²) in [6.07, 6.45) is 13.8. The molecule has 2 unspecified atom stereocenters. The molecule has 0 spiro atoms. The van der Waals surface area contributed by atoms with Gasteiger partial charge in [-0.15, -0.1) is 0 Å². The fraction of sp³-hybridized carbons (Fsp3) is 0.526. The van der Waals surface area contributed by atoms with Crippen LogP contribution in [-0.2, 0) is 0 Å². The summed E-state index contributed by atoms with van der Waals surface area (Å²) in [5, 5.41) is 14.5. The van der Waals surface area contributed by atoms with Gasteiger partial charge in [-0.05, 0) is 63.2 Å². The standard InChI is InChI=1S/C19H22N4O/c24-19-8-7-17(23-19)11-15-4-3-13(21-15)9-12-1-2-14(20-12)10-16-5-6-18(19)22-16/h9-11,18,21,24H,1-8H2. The van der Waals surface area contributed by atoms with E-state index >= 15 is 0 Å². The summed E-state index contributed by atoms with van der Waals surface area (Å²) < 4.78 is 0. The Balaban J connectivity index is 1.59. The minimum Gasteiger partial charge on any atom is -0.367 e. The number of rotatable bonds is 0. The Bertz CT molecular complexity index is 783. The van der Waals surface area contributed by atoms with Crippen LogP contribution >= 0.6 is 0 Å². The highest BCUT2D eigenvalue weighted by Crippen LogP contribution is 2.35. The summed E-state index contributed by atoms with van der Waals surface area (Å²) >= 11 is 0. The van der Waals surface area contributed by atoms with Gasteiger partial charge in [0.1, 0.15) is 0 Å². The van der Waals surface area contributed by atoms with Crippen molar-refractivity contribution in [1.29, 1.82) is 0 Å². The lowest BCUT2D eigenvalue weighted by molar-refractivity contribution is 0.0260. The molecule has 24 heavy (non-hydrogen) atoms. The molecule has 5 nitrogen and oxygen atoms in total. The van der Waals surface area contributed by atoms with E-state index in [1.807, 2.05) is 0 Å². The molecule has 0 aromatic heterocycles. The molecule has 8 bridgehead atoms. The Morgan fingerprint density at radius 1 is 0.917 bits per heavy atom. The monoisotopic (exact) mass is 322 g/mol. The number of hydrogen-bond acceptors (Lipinski definition) is 5. The molecule has 1 fully saturated rings. The van der Waals surface area contributed by atoms with Gasteiger partial charge in [0.2, 0.25) is 0 Å². The Labute approximate surface area is 141 Å². The van der Waals surface area contributed by atoms with Crippen molar-refractivity contribution in [2.45, 2.75) is 63.1 Å². The molecule has 0 saturated carbocycles. The van der Waals surface area contributed by atoms with Crippen molar-refractivity contribution in [3.8, 4) is 0 Å². The van der Waals surface area contributed by atoms with Gasteiger partial charge in [0.15, 0.2) is 5.72 Å². The quantitative estimate of drug-likeness (QED) is 0.720. The number of nitrogens with zero attached hydrogens (tertiary/aromatic N) is 3. The van der Waals surface area contributed by atoms with Crippen LogP contribution in [0.4, 0.5) is 0 Å². The Kier molecular flexibility index (Phi) is 3.13. The number of aliphatic imine (C=N–C) groups is 3. The van der Waals surface area contributed by atoms with Crippen molar-refractivity contribution in [3.05, 3.63) is 35.3 Å². The van der Waals surface area contributed by atoms with Crippen LogP contribution in [-0.4, -0.2) is 34.0 Å². The van der Waals surface area contributed by atoms with Gasteiger partial charge in [-0.1, -0.05) is 0 Å². The van der Waals surface area contributed by atoms with Crippen LogP contribution in [0, 0.1) is 0 Å². The zero-order chi connectivity index (χ0) is 16.1. The van der Waals surface area contributed by atoms with Gasteiger partial charge in [0.05, 0.1) is 6.04 Å². The second-order valence-corrected chi connectivity index (χ2v) is 7.36. The maximum atomic E-state index is 11.0. The molecule has 5 aliphatic heterocycles. The first kappa shape index (κ1) is 14.3. The van der Waals surface area contributed by atoms with Crippen LogP contribution in [0.5, 0.6) is 0 Å². The van der Waals surface area contributed by atoms with E-state index in [2.05, 4.69) is 28.5 Å². The van der Waals surface area contributed by atoms with Crippen LogP contribution in [0.25, 0.3) is 0 Å². The molecule has 0 radical (unpaired) electrons. The van der Waals surface area contributed by atoms with Crippen LogP contribution in [0.1, 0.15) is 51.4 Å². The summed E-state index contributed by atoms with van der Waals surface area (Å²) in [4.78, 5) is 14.2. The molecular formula is C19H22N4O. The molecule has 124 valence electrons. The first-order valence-corrected chi connectivity index (χ1v) is 9.00. The second-order valence-electron chi connectivity index (χ2n) is 7.36. The summed E-state index contributed by atoms with van der Waals surface area (Å²) in [5.74, 6) is 0. The molecule has 5 aliphatic rings. The predicted molar refractivity (Wildman–Crippen MR) is 95.4 cm³/mol. The van der Waals surface area contributed by atoms with Gasteiger partial charge in [-0.3, -0.25) is 15.0 Å². The van der Waals surface area contributed by atoms with Gasteiger partial charge in [-0.2, -0.15) is 0 Å². The van der Waals surface area contributed by atoms with E-state index < -0.39 is 5.72 Å². The molecule has 2 N–H and O–H groups in total. The zero-order valence-corrected chi connectivity index (χ0v) is 13.8. The minimum absolute atomic E-state index is 0.111. The third-order valence-electron chi connectivity index (χ3n) is 5.54. The van der Waals surface area contributed by atoms with Gasteiger partial charge < -0.3 is 10.4 Å². The third kappa shape index (κ3) is 2.47. The molecule has 0 aromatic rings. The SMILES string of the molecule is OC12CCC(=N1)C=C1CCC(=CC3=NC(=CC4=NC2CC4)CC3)N1. The topological polar surface area (TPSA) is 69.3 Å². The van der Waals surface area contributed by atoms with Crippen LogP contribution in [0.3, 0.4) is 0 Å². The van der Waals surface area contributed by atoms with Gasteiger partial charge in [-0.25, -0.2) is 0 Å². The van der Waals surface area contributed by atoms with Crippen molar-refractivity contribution >= 4 is 17.1 Å². The van der Waals surface area contributed by atoms with Gasteiger partial charge >= 0.3 is 0 Å². The first-order chi connectivity index (χ1) is 11.7. The molecule has 2 atom stereocenters. The maximum absolute atomic E-state index is 11.0. The van der Waals surface area contributed by atoms with Crippen LogP contribution in [0.15, 0.2) is 50.3 Å². The van der Waals surface area contributed by atoms with Crippen molar-refractivity contribution in [2.75, 3.05) is 0 Å². The number of nitrogens with one attached hydrogen (secondary N) is 1. The Morgan fingerprint density at radius 2 is 1.75 bits per heavy atom. The third-order valence-corrected chi connectivity index (χ3v) is 5.54. The number of hydrogen-bond donors (Lipinski definition) is 2. The van der Waals surface area contributed by atoms with Crippen molar-refractivity contribution in [3.63, 3.8) is 0 Å². The predicted octanol–water partition coefficient (Wildman–Crippen LogP) is 2.80. The number of aliphatic hydroxyl groups is 1. The van der Waals surface area contributed by atoms with E-state index in [-0.39, 0.29) is 6.04 Å². The Hall–Kier alpha value is -2.01. The summed E-state index contributed by atoms with van der Waals surface area (Å²) in [6.45, 7) is 0. The second kappa shape index (κ2) is 5.24. The van der Waals surface area contributed by atoms with Gasteiger partial charge in [0, 0.05) is 40.6 Å². The lowest BCUT2D eigenvalue weighted by atomic mass is 9.99. The smallest absolute Gasteiger partial charge is 0.179 e. The molecule has 5 rings (SSSR count). The Morgan fingerprint density at radius 3 is 2.62 bits per heavy atom. The van der Waals surface area contributed by atoms with E-state index in [0.29, 0.717) is 6.42 Å². The molecule has 0 amide bonds. The highest BCUT2D eigenvalue weighted by Gasteiger charge is 2.42. The summed E-state index contributed by atoms with van der Waals surface area (Å²) in [5.41, 5.74) is 5.76. The normalized spacial score (nSPS) is 34.3. The number of allylic oxidation sites excluding steroid dienone is 6. The fourth-order valence-electron chi connectivity index (χ4n) is 4.25. The zero-order valence-electron chi connectivity index (χ0n) is 13.8. The van der Waals surface area contributed by atoms with Gasteiger partial charge in [0.25, 0.3) is 0 Å². The lowest BCUT2D eigenvalue weighted by Crippen LogP contribution is -2.35. The van der Waals surface area contributed by atoms with Crippen molar-refractivity contribution < 1.29 is 5.11 Å². The minimum atomic E-state index is -1.02. The number of fused-ring (bicyclic) bond motifs is 6. The van der Waals surface area contributed by atoms with E-state index in [1.54, 1.807) is 0 Å². The van der Waals surface area contributed by atoms with Crippen LogP contribution < -0.4 is 5.32 Å². The van der Waals surface area contributed by atoms with Crippen LogP contribution in [0.2, 0.25) is 0 Å². The average molecular weight is 322 g/mol. The summed E-state index contributed by atoms with van der Waals surface area (Å²) in [6, 6.07) is -0.111.